The molecule has 3 rings (SSSR count). The van der Waals surface area contributed by atoms with Crippen LogP contribution in [0, 0.1) is 12.3 Å². The van der Waals surface area contributed by atoms with Gasteiger partial charge in [-0.2, -0.15) is 18.3 Å². The molecule has 0 radical (unpaired) electrons. The van der Waals surface area contributed by atoms with Crippen molar-refractivity contribution < 1.29 is 17.9 Å². The molecule has 0 spiro atoms. The monoisotopic (exact) mass is 458 g/mol. The van der Waals surface area contributed by atoms with Gasteiger partial charge in [0.15, 0.2) is 0 Å². The van der Waals surface area contributed by atoms with Gasteiger partial charge in [0.1, 0.15) is 16.7 Å². The Kier molecular flexibility index (Phi) is 6.85. The number of anilines is 1. The summed E-state index contributed by atoms with van der Waals surface area (Å²) >= 11 is 0. The molecule has 33 heavy (non-hydrogen) atoms. The number of nitrogens with one attached hydrogen (secondary N) is 2. The molecule has 0 saturated carbocycles. The topological polar surface area (TPSA) is 88.7 Å². The van der Waals surface area contributed by atoms with E-state index in [1.807, 2.05) is 19.9 Å². The number of allylic oxidation sites excluding steroid dienone is 3. The van der Waals surface area contributed by atoms with Crippen LogP contribution < -0.4 is 10.1 Å². The quantitative estimate of drug-likeness (QED) is 0.344. The molecule has 174 valence electrons. The molecule has 0 aromatic carbocycles. The molecule has 3 heterocycles. The molecule has 0 aliphatic rings. The molecule has 0 aliphatic carbocycles. The number of pyridine rings is 2. The lowest BCUT2D eigenvalue weighted by atomic mass is 10.0. The van der Waals surface area contributed by atoms with Gasteiger partial charge in [-0.05, 0) is 32.9 Å². The van der Waals surface area contributed by atoms with Gasteiger partial charge in [0, 0.05) is 29.9 Å². The van der Waals surface area contributed by atoms with Gasteiger partial charge in [-0.15, -0.1) is 0 Å². The van der Waals surface area contributed by atoms with Gasteiger partial charge in [-0.3, -0.25) is 10.1 Å². The van der Waals surface area contributed by atoms with Crippen LogP contribution in [0.4, 0.5) is 18.9 Å². The first-order valence-electron chi connectivity index (χ1n) is 10.2. The molecule has 3 aromatic heterocycles. The lowest BCUT2D eigenvalue weighted by Crippen LogP contribution is -2.23. The van der Waals surface area contributed by atoms with Gasteiger partial charge in [0.05, 0.1) is 24.2 Å². The maximum Gasteiger partial charge on any atom is 0.433 e. The third-order valence-electron chi connectivity index (χ3n) is 4.94. The third-order valence-corrected chi connectivity index (χ3v) is 4.94. The molecule has 2 N–H and O–H groups in total. The molecular formula is C23H25F3N6O. The van der Waals surface area contributed by atoms with Crippen LogP contribution in [0.3, 0.4) is 0 Å². The zero-order chi connectivity index (χ0) is 24.3. The van der Waals surface area contributed by atoms with Crippen molar-refractivity contribution in [3.05, 3.63) is 60.1 Å². The maximum absolute atomic E-state index is 13.4. The second-order valence-corrected chi connectivity index (χ2v) is 7.59. The highest BCUT2D eigenvalue weighted by molar-refractivity contribution is 6.25. The van der Waals surface area contributed by atoms with Crippen LogP contribution in [0.1, 0.15) is 36.8 Å². The summed E-state index contributed by atoms with van der Waals surface area (Å²) in [4.78, 5) is 8.64. The Hall–Kier alpha value is -3.69. The van der Waals surface area contributed by atoms with Crippen LogP contribution in [0.2, 0.25) is 0 Å². The van der Waals surface area contributed by atoms with Gasteiger partial charge in [-0.25, -0.2) is 9.97 Å². The van der Waals surface area contributed by atoms with E-state index in [9.17, 15) is 13.2 Å². The van der Waals surface area contributed by atoms with Crippen LogP contribution in [0.5, 0.6) is 5.88 Å². The Morgan fingerprint density at radius 2 is 2.09 bits per heavy atom. The van der Waals surface area contributed by atoms with E-state index in [0.717, 1.165) is 11.6 Å². The highest BCUT2D eigenvalue weighted by atomic mass is 19.4. The van der Waals surface area contributed by atoms with Gasteiger partial charge >= 0.3 is 6.18 Å². The fourth-order valence-electron chi connectivity index (χ4n) is 3.43. The number of ether oxygens (including phenoxy) is 1. The Labute approximate surface area is 189 Å². The standard InChI is InChI=1S/C23H25F3N6O/c1-6-8-16(21(27)23(24,25)26)17-11-18(29-12-15-9-7-10-28-22(15)33-5)20-19(30-17)14(4)31-32(20)13(2)3/h6-11,13,27H,1,12H2,2-5H3,(H,29,30)/b16-8-,27-21?. The normalized spacial score (nSPS) is 12.3. The van der Waals surface area contributed by atoms with E-state index in [4.69, 9.17) is 10.1 Å². The van der Waals surface area contributed by atoms with E-state index in [2.05, 4.69) is 27.0 Å². The van der Waals surface area contributed by atoms with Gasteiger partial charge in [-0.1, -0.05) is 24.8 Å². The number of fused-ring (bicyclic) bond motifs is 1. The summed E-state index contributed by atoms with van der Waals surface area (Å²) in [7, 11) is 1.51. The van der Waals surface area contributed by atoms with Crippen LogP contribution in [0.15, 0.2) is 43.1 Å². The van der Waals surface area contributed by atoms with Crippen molar-refractivity contribution in [2.75, 3.05) is 12.4 Å². The molecule has 7 nitrogen and oxygen atoms in total. The van der Waals surface area contributed by atoms with E-state index in [-0.39, 0.29) is 17.3 Å². The smallest absolute Gasteiger partial charge is 0.433 e. The third kappa shape index (κ3) is 4.89. The highest BCUT2D eigenvalue weighted by Gasteiger charge is 2.37. The molecule has 0 unspecified atom stereocenters. The predicted octanol–water partition coefficient (Wildman–Crippen LogP) is 5.49. The van der Waals surface area contributed by atoms with Crippen LogP contribution in [-0.2, 0) is 6.54 Å². The summed E-state index contributed by atoms with van der Waals surface area (Å²) in [5.41, 5.74) is 1.10. The molecule has 0 saturated heterocycles. The molecule has 3 aromatic rings. The van der Waals surface area contributed by atoms with Gasteiger partial charge in [0.25, 0.3) is 0 Å². The second-order valence-electron chi connectivity index (χ2n) is 7.59. The number of nitrogens with zero attached hydrogens (tertiary/aromatic N) is 4. The summed E-state index contributed by atoms with van der Waals surface area (Å²) in [6.45, 7) is 9.45. The Bertz CT molecular complexity index is 1230. The highest BCUT2D eigenvalue weighted by Crippen LogP contribution is 2.33. The van der Waals surface area contributed by atoms with E-state index in [1.165, 1.54) is 19.3 Å². The molecule has 0 atom stereocenters. The summed E-state index contributed by atoms with van der Waals surface area (Å²) in [6, 6.07) is 5.09. The minimum Gasteiger partial charge on any atom is -0.481 e. The summed E-state index contributed by atoms with van der Waals surface area (Å²) in [5, 5.41) is 15.5. The number of hydrogen-bond donors (Lipinski definition) is 2. The molecule has 0 bridgehead atoms. The fraction of sp³-hybridized carbons (Fsp3) is 0.304. The lowest BCUT2D eigenvalue weighted by Gasteiger charge is -2.17. The first-order valence-corrected chi connectivity index (χ1v) is 10.2. The maximum atomic E-state index is 13.4. The largest absolute Gasteiger partial charge is 0.481 e. The van der Waals surface area contributed by atoms with Crippen LogP contribution in [-0.4, -0.2) is 38.7 Å². The van der Waals surface area contributed by atoms with E-state index in [0.29, 0.717) is 34.8 Å². The Morgan fingerprint density at radius 1 is 1.36 bits per heavy atom. The van der Waals surface area contributed by atoms with Gasteiger partial charge in [0.2, 0.25) is 5.88 Å². The van der Waals surface area contributed by atoms with E-state index >= 15 is 0 Å². The van der Waals surface area contributed by atoms with Crippen molar-refractivity contribution in [1.82, 2.24) is 19.7 Å². The summed E-state index contributed by atoms with van der Waals surface area (Å²) < 4.78 is 47.2. The Morgan fingerprint density at radius 3 is 2.70 bits per heavy atom. The van der Waals surface area contributed by atoms with Crippen molar-refractivity contribution in [1.29, 1.82) is 5.41 Å². The minimum atomic E-state index is -4.83. The first-order chi connectivity index (χ1) is 15.6. The van der Waals surface area contributed by atoms with Crippen LogP contribution in [0.25, 0.3) is 16.6 Å². The number of hydrogen-bond acceptors (Lipinski definition) is 6. The second kappa shape index (κ2) is 9.43. The fourth-order valence-corrected chi connectivity index (χ4v) is 3.43. The zero-order valence-corrected chi connectivity index (χ0v) is 18.8. The number of rotatable bonds is 8. The average Bonchev–Trinajstić information content (AvgIpc) is 3.12. The SMILES string of the molecule is C=C/C=C(\C(=N)C(F)(F)F)c1cc(NCc2cccnc2OC)c2c(n1)c(C)nn2C(C)C. The van der Waals surface area contributed by atoms with Crippen molar-refractivity contribution in [3.8, 4) is 5.88 Å². The number of halogens is 3. The summed E-state index contributed by atoms with van der Waals surface area (Å²) in [5.74, 6) is 0.440. The molecule has 10 heteroatoms. The van der Waals surface area contributed by atoms with Crippen molar-refractivity contribution in [2.45, 2.75) is 39.5 Å². The average molecular weight is 458 g/mol. The first kappa shape index (κ1) is 24.0. The van der Waals surface area contributed by atoms with Crippen molar-refractivity contribution in [3.63, 3.8) is 0 Å². The molecule has 0 amide bonds. The minimum absolute atomic E-state index is 0.00298. The number of aryl methyl sites for hydroxylation is 1. The lowest BCUT2D eigenvalue weighted by molar-refractivity contribution is -0.0578. The molecular weight excluding hydrogens is 433 g/mol. The van der Waals surface area contributed by atoms with Crippen molar-refractivity contribution >= 4 is 28.0 Å². The zero-order valence-electron chi connectivity index (χ0n) is 18.8. The summed E-state index contributed by atoms with van der Waals surface area (Å²) in [6.07, 6.45) is -0.879. The molecule has 0 fully saturated rings. The number of aromatic nitrogens is 4. The Balaban J connectivity index is 2.20. The predicted molar refractivity (Wildman–Crippen MR) is 123 cm³/mol. The van der Waals surface area contributed by atoms with E-state index < -0.39 is 11.9 Å². The molecule has 0 aliphatic heterocycles. The van der Waals surface area contributed by atoms with Crippen molar-refractivity contribution in [2.24, 2.45) is 0 Å². The van der Waals surface area contributed by atoms with E-state index in [1.54, 1.807) is 23.9 Å². The number of methoxy groups -OCH3 is 1. The van der Waals surface area contributed by atoms with Gasteiger partial charge < -0.3 is 10.1 Å². The number of alkyl halides is 3. The van der Waals surface area contributed by atoms with Crippen LogP contribution >= 0.6 is 0 Å².